The van der Waals surface area contributed by atoms with Crippen LogP contribution in [0.5, 0.6) is 5.75 Å². The van der Waals surface area contributed by atoms with Gasteiger partial charge in [-0.1, -0.05) is 6.07 Å². The van der Waals surface area contributed by atoms with E-state index < -0.39 is 24.6 Å². The third kappa shape index (κ3) is 4.04. The Morgan fingerprint density at radius 3 is 2.59 bits per heavy atom. The average molecular weight is 455 g/mol. The number of aromatic nitrogens is 3. The molecule has 1 amide bonds. The zero-order valence-electron chi connectivity index (χ0n) is 17.0. The van der Waals surface area contributed by atoms with Gasteiger partial charge in [0.05, 0.1) is 23.7 Å². The van der Waals surface area contributed by atoms with Gasteiger partial charge >= 0.3 is 18.7 Å². The molecule has 2 aromatic heterocycles. The van der Waals surface area contributed by atoms with Gasteiger partial charge in [0.2, 0.25) is 0 Å². The highest BCUT2D eigenvalue weighted by molar-refractivity contribution is 5.83. The van der Waals surface area contributed by atoms with Gasteiger partial charge in [0.15, 0.2) is 0 Å². The Kier molecular flexibility index (Phi) is 5.39. The van der Waals surface area contributed by atoms with E-state index in [0.717, 1.165) is 5.52 Å². The number of hydrogen-bond donors (Lipinski definition) is 0. The number of halogens is 5. The van der Waals surface area contributed by atoms with Crippen molar-refractivity contribution in [3.63, 3.8) is 0 Å². The molecule has 3 aromatic rings. The fourth-order valence-corrected chi connectivity index (χ4v) is 3.61. The molecule has 1 aliphatic rings. The topological polar surface area (TPSA) is 63.5 Å². The second-order valence-corrected chi connectivity index (χ2v) is 7.46. The lowest BCUT2D eigenvalue weighted by atomic mass is 9.91. The number of amides is 1. The monoisotopic (exact) mass is 455 g/mol. The Balaban J connectivity index is 1.60. The molecule has 0 unspecified atom stereocenters. The highest BCUT2D eigenvalue weighted by atomic mass is 19.4. The van der Waals surface area contributed by atoms with E-state index in [-0.39, 0.29) is 18.8 Å². The Bertz CT molecular complexity index is 1160. The molecule has 0 spiro atoms. The maximum Gasteiger partial charge on any atom is 0.471 e. The van der Waals surface area contributed by atoms with E-state index in [0.29, 0.717) is 27.5 Å². The van der Waals surface area contributed by atoms with Crippen molar-refractivity contribution >= 4 is 28.4 Å². The van der Waals surface area contributed by atoms with Crippen LogP contribution in [0.2, 0.25) is 0 Å². The van der Waals surface area contributed by atoms with Gasteiger partial charge in [0.25, 0.3) is 0 Å². The summed E-state index contributed by atoms with van der Waals surface area (Å²) in [5, 5.41) is 0. The molecule has 0 atom stereocenters. The van der Waals surface area contributed by atoms with E-state index in [1.54, 1.807) is 41.2 Å². The minimum atomic E-state index is -4.94. The molecule has 0 N–H and O–H groups in total. The van der Waals surface area contributed by atoms with Crippen molar-refractivity contribution in [1.29, 1.82) is 0 Å². The van der Waals surface area contributed by atoms with Crippen LogP contribution in [0.4, 0.5) is 33.5 Å². The molecule has 7 nitrogen and oxygen atoms in total. The van der Waals surface area contributed by atoms with Crippen LogP contribution in [0.3, 0.4) is 0 Å². The minimum absolute atomic E-state index is 0.146. The number of anilines is 2. The lowest BCUT2D eigenvalue weighted by Gasteiger charge is -2.40. The largest absolute Gasteiger partial charge is 0.471 e. The summed E-state index contributed by atoms with van der Waals surface area (Å²) in [5.41, 5.74) is 2.26. The van der Waals surface area contributed by atoms with Gasteiger partial charge in [-0.2, -0.15) is 22.0 Å². The molecule has 12 heteroatoms. The second kappa shape index (κ2) is 7.92. The summed E-state index contributed by atoms with van der Waals surface area (Å²) < 4.78 is 70.3. The number of nitrogens with zero attached hydrogens (tertiary/aromatic N) is 5. The van der Waals surface area contributed by atoms with Gasteiger partial charge in [0, 0.05) is 39.2 Å². The fourth-order valence-electron chi connectivity index (χ4n) is 3.61. The number of aryl methyl sites for hydroxylation is 1. The first kappa shape index (κ1) is 21.8. The normalized spacial score (nSPS) is 14.7. The number of ether oxygens (including phenoxy) is 1. The maximum absolute atomic E-state index is 13.1. The van der Waals surface area contributed by atoms with Crippen molar-refractivity contribution in [3.8, 4) is 5.75 Å². The van der Waals surface area contributed by atoms with Gasteiger partial charge in [-0.3, -0.25) is 4.79 Å². The Morgan fingerprint density at radius 1 is 1.22 bits per heavy atom. The molecule has 1 aliphatic heterocycles. The van der Waals surface area contributed by atoms with Crippen LogP contribution in [0, 0.1) is 0 Å². The van der Waals surface area contributed by atoms with Crippen LogP contribution < -0.4 is 9.64 Å². The average Bonchev–Trinajstić information content (AvgIpc) is 3.05. The van der Waals surface area contributed by atoms with Gasteiger partial charge in [-0.05, 0) is 17.7 Å². The summed E-state index contributed by atoms with van der Waals surface area (Å²) in [6, 6.07) is 6.26. The smallest absolute Gasteiger partial charge is 0.433 e. The zero-order valence-corrected chi connectivity index (χ0v) is 17.0. The number of alkyl halides is 5. The number of benzene rings is 1. The Labute approximate surface area is 179 Å². The number of carbonyl (C=O) groups excluding carboxylic acids is 1. The molecule has 0 bridgehead atoms. The maximum atomic E-state index is 13.1. The van der Waals surface area contributed by atoms with Crippen LogP contribution in [0.1, 0.15) is 11.5 Å². The standard InChI is InChI=1S/C20H18F5N5O2/c1-28-10-27-13-7-26-17(6-15(13)28)29(2)14-4-3-11(5-16(14)32-19(21)22)12-8-30(9-12)18(31)20(23,24)25/h3-7,10,12,19H,8-9H2,1-2H3. The first-order chi connectivity index (χ1) is 15.0. The zero-order chi connectivity index (χ0) is 23.2. The first-order valence-electron chi connectivity index (χ1n) is 9.50. The molecule has 4 rings (SSSR count). The van der Waals surface area contributed by atoms with Crippen LogP contribution in [-0.4, -0.2) is 58.3 Å². The van der Waals surface area contributed by atoms with Crippen molar-refractivity contribution in [2.24, 2.45) is 7.05 Å². The van der Waals surface area contributed by atoms with E-state index in [2.05, 4.69) is 9.97 Å². The lowest BCUT2D eigenvalue weighted by molar-refractivity contribution is -0.189. The summed E-state index contributed by atoms with van der Waals surface area (Å²) in [6.45, 7) is -3.41. The van der Waals surface area contributed by atoms with Crippen molar-refractivity contribution in [2.45, 2.75) is 18.7 Å². The van der Waals surface area contributed by atoms with Crippen LogP contribution >= 0.6 is 0 Å². The predicted molar refractivity (Wildman–Crippen MR) is 105 cm³/mol. The van der Waals surface area contributed by atoms with Crippen molar-refractivity contribution in [2.75, 3.05) is 25.0 Å². The molecule has 1 saturated heterocycles. The SMILES string of the molecule is CN(c1cc2c(cn1)ncn2C)c1ccc(C2CN(C(=O)C(F)(F)F)C2)cc1OC(F)F. The lowest BCUT2D eigenvalue weighted by Crippen LogP contribution is -2.53. The number of carbonyl (C=O) groups is 1. The molecular weight excluding hydrogens is 437 g/mol. The molecule has 0 radical (unpaired) electrons. The van der Waals surface area contributed by atoms with Crippen LogP contribution in [0.15, 0.2) is 36.8 Å². The van der Waals surface area contributed by atoms with Crippen LogP contribution in [-0.2, 0) is 11.8 Å². The molecule has 0 aliphatic carbocycles. The number of likely N-dealkylation sites (tertiary alicyclic amines) is 1. The molecule has 0 saturated carbocycles. The fraction of sp³-hybridized carbons (Fsp3) is 0.350. The van der Waals surface area contributed by atoms with E-state index in [9.17, 15) is 26.7 Å². The van der Waals surface area contributed by atoms with E-state index in [4.69, 9.17) is 4.74 Å². The van der Waals surface area contributed by atoms with Crippen molar-refractivity contribution < 1.29 is 31.5 Å². The minimum Gasteiger partial charge on any atom is -0.433 e. The summed E-state index contributed by atoms with van der Waals surface area (Å²) in [4.78, 5) is 22.0. The molecular formula is C20H18F5N5O2. The molecule has 170 valence electrons. The van der Waals surface area contributed by atoms with E-state index in [1.807, 2.05) is 7.05 Å². The molecule has 1 aromatic carbocycles. The summed E-state index contributed by atoms with van der Waals surface area (Å²) in [7, 11) is 3.44. The molecule has 3 heterocycles. The van der Waals surface area contributed by atoms with Gasteiger partial charge in [-0.15, -0.1) is 0 Å². The highest BCUT2D eigenvalue weighted by Crippen LogP contribution is 2.38. The van der Waals surface area contributed by atoms with Crippen molar-refractivity contribution in [3.05, 3.63) is 42.4 Å². The summed E-state index contributed by atoms with van der Waals surface area (Å²) in [6.07, 6.45) is -1.76. The Morgan fingerprint density at radius 2 is 1.94 bits per heavy atom. The Hall–Kier alpha value is -3.44. The predicted octanol–water partition coefficient (Wildman–Crippen LogP) is 3.83. The van der Waals surface area contributed by atoms with Crippen molar-refractivity contribution in [1.82, 2.24) is 19.4 Å². The third-order valence-electron chi connectivity index (χ3n) is 5.38. The summed E-state index contributed by atoms with van der Waals surface area (Å²) in [5.74, 6) is -2.01. The third-order valence-corrected chi connectivity index (χ3v) is 5.38. The number of hydrogen-bond acceptors (Lipinski definition) is 5. The number of fused-ring (bicyclic) bond motifs is 1. The van der Waals surface area contributed by atoms with Gasteiger partial charge < -0.3 is 19.1 Å². The van der Waals surface area contributed by atoms with E-state index in [1.165, 1.54) is 12.1 Å². The summed E-state index contributed by atoms with van der Waals surface area (Å²) >= 11 is 0. The second-order valence-electron chi connectivity index (χ2n) is 7.46. The van der Waals surface area contributed by atoms with E-state index >= 15 is 0 Å². The quantitative estimate of drug-likeness (QED) is 0.548. The number of pyridine rings is 1. The van der Waals surface area contributed by atoms with Gasteiger partial charge in [-0.25, -0.2) is 9.97 Å². The molecule has 1 fully saturated rings. The number of imidazole rings is 1. The first-order valence-corrected chi connectivity index (χ1v) is 9.50. The number of rotatable bonds is 5. The molecule has 32 heavy (non-hydrogen) atoms. The highest BCUT2D eigenvalue weighted by Gasteiger charge is 2.46. The van der Waals surface area contributed by atoms with Crippen LogP contribution in [0.25, 0.3) is 11.0 Å². The van der Waals surface area contributed by atoms with Gasteiger partial charge in [0.1, 0.15) is 17.1 Å².